The summed E-state index contributed by atoms with van der Waals surface area (Å²) >= 11 is 0. The number of ether oxygens (including phenoxy) is 2. The van der Waals surface area contributed by atoms with Crippen LogP contribution in [0.1, 0.15) is 44.3 Å². The Hall–Kier alpha value is -4.43. The molecule has 13 nitrogen and oxygen atoms in total. The van der Waals surface area contributed by atoms with Crippen LogP contribution in [0, 0.1) is 6.92 Å². The topological polar surface area (TPSA) is 151 Å². The lowest BCUT2D eigenvalue weighted by Crippen LogP contribution is -2.48. The van der Waals surface area contributed by atoms with Crippen LogP contribution in [-0.4, -0.2) is 83.3 Å². The zero-order valence-corrected chi connectivity index (χ0v) is 26.8. The Morgan fingerprint density at radius 3 is 2.42 bits per heavy atom. The van der Waals surface area contributed by atoms with E-state index >= 15 is 0 Å². The van der Waals surface area contributed by atoms with Crippen LogP contribution in [0.3, 0.4) is 0 Å². The van der Waals surface area contributed by atoms with Gasteiger partial charge in [-0.3, -0.25) is 14.4 Å². The molecular formula is C31H39N7O6S. The number of nitrogens with one attached hydrogen (secondary N) is 2. The molecule has 3 heterocycles. The van der Waals surface area contributed by atoms with E-state index in [4.69, 9.17) is 9.47 Å². The lowest BCUT2D eigenvalue weighted by Gasteiger charge is -2.34. The van der Waals surface area contributed by atoms with E-state index in [0.717, 1.165) is 25.1 Å². The van der Waals surface area contributed by atoms with Gasteiger partial charge < -0.3 is 19.4 Å². The van der Waals surface area contributed by atoms with Crippen molar-refractivity contribution in [2.45, 2.75) is 52.0 Å². The Morgan fingerprint density at radius 2 is 1.76 bits per heavy atom. The van der Waals surface area contributed by atoms with Crippen molar-refractivity contribution < 1.29 is 22.7 Å². The van der Waals surface area contributed by atoms with Crippen LogP contribution in [0.25, 0.3) is 16.9 Å². The van der Waals surface area contributed by atoms with Crippen LogP contribution in [0.5, 0.6) is 5.75 Å². The van der Waals surface area contributed by atoms with Gasteiger partial charge in [0.15, 0.2) is 11.3 Å². The summed E-state index contributed by atoms with van der Waals surface area (Å²) in [6.45, 7) is 11.4. The number of benzene rings is 2. The highest BCUT2D eigenvalue weighted by molar-refractivity contribution is 7.92. The van der Waals surface area contributed by atoms with Crippen LogP contribution >= 0.6 is 0 Å². The fourth-order valence-electron chi connectivity index (χ4n) is 5.34. The molecule has 5 rings (SSSR count). The smallest absolute Gasteiger partial charge is 0.409 e. The molecule has 0 aliphatic carbocycles. The molecule has 1 amide bonds. The monoisotopic (exact) mass is 637 g/mol. The van der Waals surface area contributed by atoms with Gasteiger partial charge in [0, 0.05) is 44.8 Å². The summed E-state index contributed by atoms with van der Waals surface area (Å²) in [5.41, 5.74) is 2.33. The van der Waals surface area contributed by atoms with E-state index in [1.165, 1.54) is 16.6 Å². The molecular weight excluding hydrogens is 598 g/mol. The molecule has 1 aliphatic rings. The average molecular weight is 638 g/mol. The van der Waals surface area contributed by atoms with E-state index in [-0.39, 0.29) is 22.4 Å². The maximum Gasteiger partial charge on any atom is 0.409 e. The summed E-state index contributed by atoms with van der Waals surface area (Å²) in [7, 11) is -4.00. The Morgan fingerprint density at radius 1 is 1.02 bits per heavy atom. The molecule has 4 aromatic rings. The third-order valence-corrected chi connectivity index (χ3v) is 8.92. The number of sulfonamides is 1. The Kier molecular flexibility index (Phi) is 9.73. The number of anilines is 1. The number of imidazole rings is 1. The standard InChI is InChI=1S/C31H39N7O6S/c1-5-8-27-32-21(4)28-30(39)33-29(34-38(27)28)25-19-24(13-14-26(25)43-6-2)45(41,42)35-23-11-9-22(10-12-23)20-36-15-17-37(18-16-36)31(40)44-7-3/h9-14,19,35H,5-8,15-18,20H2,1-4H3,(H,33,34,39). The molecule has 2 N–H and O–H groups in total. The Labute approximate surface area is 262 Å². The average Bonchev–Trinajstić information content (AvgIpc) is 3.34. The van der Waals surface area contributed by atoms with Gasteiger partial charge in [-0.1, -0.05) is 19.1 Å². The SMILES string of the molecule is CCCc1nc(C)c2c(=O)[nH]c(-c3cc(S(=O)(=O)Nc4ccc(CN5CCN(C(=O)OCC)CC5)cc4)ccc3OCC)nn12. The van der Waals surface area contributed by atoms with Crippen LogP contribution in [-0.2, 0) is 27.7 Å². The van der Waals surface area contributed by atoms with Crippen molar-refractivity contribution in [3.05, 3.63) is 69.9 Å². The summed E-state index contributed by atoms with van der Waals surface area (Å²) in [5, 5.41) is 4.65. The van der Waals surface area contributed by atoms with Gasteiger partial charge in [0.2, 0.25) is 0 Å². The van der Waals surface area contributed by atoms with Gasteiger partial charge in [-0.2, -0.15) is 0 Å². The van der Waals surface area contributed by atoms with Crippen molar-refractivity contribution in [1.29, 1.82) is 0 Å². The Balaban J connectivity index is 1.34. The van der Waals surface area contributed by atoms with Crippen LogP contribution in [0.4, 0.5) is 10.5 Å². The second-order valence-electron chi connectivity index (χ2n) is 10.8. The number of aromatic amines is 1. The first kappa shape index (κ1) is 32.0. The number of hydrogen-bond acceptors (Lipinski definition) is 9. The van der Waals surface area contributed by atoms with Gasteiger partial charge in [0.25, 0.3) is 15.6 Å². The molecule has 0 unspecified atom stereocenters. The highest BCUT2D eigenvalue weighted by Crippen LogP contribution is 2.31. The summed E-state index contributed by atoms with van der Waals surface area (Å²) in [4.78, 5) is 36.3. The number of rotatable bonds is 11. The summed E-state index contributed by atoms with van der Waals surface area (Å²) < 4.78 is 42.0. The Bertz CT molecular complexity index is 1830. The van der Waals surface area contributed by atoms with Gasteiger partial charge >= 0.3 is 6.09 Å². The maximum absolute atomic E-state index is 13.5. The maximum atomic E-state index is 13.5. The van der Waals surface area contributed by atoms with E-state index in [0.29, 0.717) is 73.3 Å². The van der Waals surface area contributed by atoms with E-state index in [1.807, 2.05) is 26.0 Å². The number of carbonyl (C=O) groups excluding carboxylic acids is 1. The lowest BCUT2D eigenvalue weighted by atomic mass is 10.2. The van der Waals surface area contributed by atoms with E-state index in [1.54, 1.807) is 36.9 Å². The number of nitrogens with zero attached hydrogens (tertiary/aromatic N) is 5. The fraction of sp³-hybridized carbons (Fsp3) is 0.419. The highest BCUT2D eigenvalue weighted by Gasteiger charge is 2.23. The second-order valence-corrected chi connectivity index (χ2v) is 12.5. The number of carbonyl (C=O) groups is 1. The second kappa shape index (κ2) is 13.7. The third kappa shape index (κ3) is 7.12. The predicted octanol–water partition coefficient (Wildman–Crippen LogP) is 3.82. The molecule has 1 saturated heterocycles. The van der Waals surface area contributed by atoms with Crippen LogP contribution < -0.4 is 15.0 Å². The molecule has 45 heavy (non-hydrogen) atoms. The predicted molar refractivity (Wildman–Crippen MR) is 170 cm³/mol. The molecule has 2 aromatic carbocycles. The van der Waals surface area contributed by atoms with Gasteiger partial charge in [0.05, 0.1) is 29.4 Å². The van der Waals surface area contributed by atoms with Crippen molar-refractivity contribution in [2.75, 3.05) is 44.1 Å². The molecule has 2 aromatic heterocycles. The van der Waals surface area contributed by atoms with Crippen molar-refractivity contribution in [3.8, 4) is 17.1 Å². The first-order valence-corrected chi connectivity index (χ1v) is 16.6. The molecule has 1 fully saturated rings. The minimum atomic E-state index is -4.00. The number of amides is 1. The number of aromatic nitrogens is 4. The van der Waals surface area contributed by atoms with E-state index < -0.39 is 10.0 Å². The van der Waals surface area contributed by atoms with E-state index in [2.05, 4.69) is 24.7 Å². The minimum Gasteiger partial charge on any atom is -0.493 e. The number of fused-ring (bicyclic) bond motifs is 1. The first-order chi connectivity index (χ1) is 21.6. The molecule has 0 bridgehead atoms. The number of hydrogen-bond donors (Lipinski definition) is 2. The van der Waals surface area contributed by atoms with Gasteiger partial charge in [-0.25, -0.2) is 22.7 Å². The van der Waals surface area contributed by atoms with Crippen molar-refractivity contribution >= 4 is 27.3 Å². The number of aryl methyl sites for hydroxylation is 2. The minimum absolute atomic E-state index is 0.0113. The van der Waals surface area contributed by atoms with Crippen molar-refractivity contribution in [1.82, 2.24) is 29.4 Å². The zero-order valence-electron chi connectivity index (χ0n) is 26.0. The van der Waals surface area contributed by atoms with E-state index in [9.17, 15) is 18.0 Å². The number of H-pyrrole nitrogens is 1. The van der Waals surface area contributed by atoms with Gasteiger partial charge in [-0.15, -0.1) is 5.10 Å². The summed E-state index contributed by atoms with van der Waals surface area (Å²) in [6, 6.07) is 11.7. The molecule has 0 atom stereocenters. The normalized spacial score (nSPS) is 14.1. The molecule has 0 saturated carbocycles. The molecule has 0 radical (unpaired) electrons. The van der Waals surface area contributed by atoms with Gasteiger partial charge in [0.1, 0.15) is 11.6 Å². The molecule has 0 spiro atoms. The van der Waals surface area contributed by atoms with Crippen LogP contribution in [0.15, 0.2) is 52.2 Å². The summed E-state index contributed by atoms with van der Waals surface area (Å²) in [6.07, 6.45) is 1.17. The molecule has 1 aliphatic heterocycles. The van der Waals surface area contributed by atoms with Crippen molar-refractivity contribution in [2.24, 2.45) is 0 Å². The van der Waals surface area contributed by atoms with Crippen molar-refractivity contribution in [3.63, 3.8) is 0 Å². The quantitative estimate of drug-likeness (QED) is 0.250. The molecule has 14 heteroatoms. The first-order valence-electron chi connectivity index (χ1n) is 15.1. The van der Waals surface area contributed by atoms with Gasteiger partial charge in [-0.05, 0) is 63.1 Å². The van der Waals surface area contributed by atoms with Crippen LogP contribution in [0.2, 0.25) is 0 Å². The summed E-state index contributed by atoms with van der Waals surface area (Å²) in [5.74, 6) is 1.22. The lowest BCUT2D eigenvalue weighted by molar-refractivity contribution is 0.0778. The third-order valence-electron chi connectivity index (χ3n) is 7.54. The highest BCUT2D eigenvalue weighted by atomic mass is 32.2. The fourth-order valence-corrected chi connectivity index (χ4v) is 6.42. The zero-order chi connectivity index (χ0) is 32.1. The number of piperazine rings is 1. The molecule has 240 valence electrons. The largest absolute Gasteiger partial charge is 0.493 e.